The second-order valence-electron chi connectivity index (χ2n) is 6.02. The zero-order valence-electron chi connectivity index (χ0n) is 15.1. The standard InChI is InChI=1S/C19H16Cl2N4O2S/c1-3-28-19-23-18(26)15-11-6-4-5-7-14(11)22-17(25(15)24-19)12-8-10(20)9-13(21)16(12)27-2/h4-9,17H,3H2,1-2H3,(H,23,24,26)/t17-/m0/s1. The molecule has 2 aliphatic rings. The predicted molar refractivity (Wildman–Crippen MR) is 112 cm³/mol. The van der Waals surface area contributed by atoms with E-state index in [0.717, 1.165) is 5.75 Å². The molecule has 144 valence electrons. The number of carbonyl (C=O) groups excluding carboxylic acids is 1. The quantitative estimate of drug-likeness (QED) is 0.806. The number of benzene rings is 2. The molecule has 0 fully saturated rings. The van der Waals surface area contributed by atoms with Crippen molar-refractivity contribution < 1.29 is 9.53 Å². The van der Waals surface area contributed by atoms with Crippen LogP contribution in [0, 0.1) is 0 Å². The largest absolute Gasteiger partial charge is 0.495 e. The molecular weight excluding hydrogens is 419 g/mol. The van der Waals surface area contributed by atoms with Crippen LogP contribution in [-0.2, 0) is 4.79 Å². The summed E-state index contributed by atoms with van der Waals surface area (Å²) in [6.45, 7) is 1.99. The molecule has 2 heterocycles. The van der Waals surface area contributed by atoms with Gasteiger partial charge < -0.3 is 4.74 Å². The van der Waals surface area contributed by atoms with Gasteiger partial charge in [-0.15, -0.1) is 5.10 Å². The van der Waals surface area contributed by atoms with E-state index in [9.17, 15) is 4.79 Å². The fourth-order valence-electron chi connectivity index (χ4n) is 3.22. The van der Waals surface area contributed by atoms with Crippen molar-refractivity contribution in [1.82, 2.24) is 10.3 Å². The van der Waals surface area contributed by atoms with Crippen molar-refractivity contribution in [3.8, 4) is 5.75 Å². The number of nitrogens with zero attached hydrogens (tertiary/aromatic N) is 3. The van der Waals surface area contributed by atoms with Crippen molar-refractivity contribution in [3.05, 3.63) is 62.6 Å². The van der Waals surface area contributed by atoms with Gasteiger partial charge in [0.05, 0.1) is 17.5 Å². The number of para-hydroxylation sites is 1. The molecule has 1 atom stereocenters. The van der Waals surface area contributed by atoms with Crippen molar-refractivity contribution in [2.75, 3.05) is 12.9 Å². The summed E-state index contributed by atoms with van der Waals surface area (Å²) in [6, 6.07) is 10.8. The number of thioether (sulfide) groups is 1. The van der Waals surface area contributed by atoms with Gasteiger partial charge in [-0.25, -0.2) is 5.01 Å². The number of carbonyl (C=O) groups is 1. The third-order valence-electron chi connectivity index (χ3n) is 4.32. The molecule has 1 amide bonds. The summed E-state index contributed by atoms with van der Waals surface area (Å²) >= 11 is 14.0. The summed E-state index contributed by atoms with van der Waals surface area (Å²) in [5, 5.41) is 11.8. The molecule has 0 saturated carbocycles. The zero-order chi connectivity index (χ0) is 19.8. The Morgan fingerprint density at radius 1 is 1.29 bits per heavy atom. The van der Waals surface area contributed by atoms with Crippen LogP contribution in [0.15, 0.2) is 46.5 Å². The highest BCUT2D eigenvalue weighted by atomic mass is 35.5. The Bertz CT molecular complexity index is 1120. The van der Waals surface area contributed by atoms with Crippen molar-refractivity contribution >= 4 is 51.7 Å². The zero-order valence-corrected chi connectivity index (χ0v) is 17.4. The number of halogens is 2. The van der Waals surface area contributed by atoms with Crippen molar-refractivity contribution in [1.29, 1.82) is 0 Å². The Morgan fingerprint density at radius 3 is 2.82 bits per heavy atom. The Labute approximate surface area is 175 Å². The molecule has 28 heavy (non-hydrogen) atoms. The summed E-state index contributed by atoms with van der Waals surface area (Å²) in [4.78, 5) is 17.8. The minimum Gasteiger partial charge on any atom is -0.495 e. The lowest BCUT2D eigenvalue weighted by atomic mass is 10.1. The smallest absolute Gasteiger partial charge is 0.276 e. The van der Waals surface area contributed by atoms with Gasteiger partial charge in [0.25, 0.3) is 5.91 Å². The maximum Gasteiger partial charge on any atom is 0.276 e. The summed E-state index contributed by atoms with van der Waals surface area (Å²) < 4.78 is 5.51. The molecule has 2 aromatic rings. The van der Waals surface area contributed by atoms with Gasteiger partial charge in [0.15, 0.2) is 11.3 Å². The van der Waals surface area contributed by atoms with Crippen LogP contribution in [0.4, 0.5) is 0 Å². The van der Waals surface area contributed by atoms with E-state index >= 15 is 0 Å². The highest BCUT2D eigenvalue weighted by molar-refractivity contribution is 8.13. The van der Waals surface area contributed by atoms with Gasteiger partial charge in [-0.2, -0.15) is 0 Å². The van der Waals surface area contributed by atoms with E-state index in [0.29, 0.717) is 42.8 Å². The van der Waals surface area contributed by atoms with Crippen LogP contribution >= 0.6 is 35.0 Å². The average Bonchev–Trinajstić information content (AvgIpc) is 2.66. The van der Waals surface area contributed by atoms with E-state index in [4.69, 9.17) is 32.9 Å². The molecular formula is C19H16Cl2N4O2S. The maximum atomic E-state index is 12.9. The summed E-state index contributed by atoms with van der Waals surface area (Å²) in [6.07, 6.45) is -0.644. The Balaban J connectivity index is 2.00. The summed E-state index contributed by atoms with van der Waals surface area (Å²) in [5.41, 5.74) is 1.06. The minimum absolute atomic E-state index is 0.231. The molecule has 0 spiro atoms. The van der Waals surface area contributed by atoms with E-state index < -0.39 is 6.17 Å². The molecule has 2 aromatic carbocycles. The molecule has 9 heteroatoms. The van der Waals surface area contributed by atoms with Crippen molar-refractivity contribution in [2.24, 2.45) is 10.1 Å². The SMILES string of the molecule is CCSC1=NN2C(=c3ccccc3=N[C@@H]2c2cc(Cl)cc(Cl)c2OC)C(=O)N1. The van der Waals surface area contributed by atoms with Gasteiger partial charge >= 0.3 is 0 Å². The second kappa shape index (κ2) is 7.66. The lowest BCUT2D eigenvalue weighted by Crippen LogP contribution is -2.50. The summed E-state index contributed by atoms with van der Waals surface area (Å²) in [7, 11) is 1.53. The first-order chi connectivity index (χ1) is 13.5. The maximum absolute atomic E-state index is 12.9. The number of amidine groups is 1. The monoisotopic (exact) mass is 434 g/mol. The number of fused-ring (bicyclic) bond motifs is 2. The van der Waals surface area contributed by atoms with Gasteiger partial charge in [0.1, 0.15) is 11.4 Å². The molecule has 0 aliphatic carbocycles. The number of methoxy groups -OCH3 is 1. The van der Waals surface area contributed by atoms with Crippen LogP contribution in [-0.4, -0.2) is 28.9 Å². The summed E-state index contributed by atoms with van der Waals surface area (Å²) in [5.74, 6) is 0.988. The first-order valence-electron chi connectivity index (χ1n) is 8.55. The normalized spacial score (nSPS) is 17.9. The Morgan fingerprint density at radius 2 is 2.07 bits per heavy atom. The molecule has 4 rings (SSSR count). The van der Waals surface area contributed by atoms with E-state index in [-0.39, 0.29) is 5.91 Å². The molecule has 1 N–H and O–H groups in total. The van der Waals surface area contributed by atoms with Gasteiger partial charge in [0, 0.05) is 15.8 Å². The lowest BCUT2D eigenvalue weighted by Gasteiger charge is -2.34. The first kappa shape index (κ1) is 19.1. The van der Waals surface area contributed by atoms with E-state index in [1.165, 1.54) is 18.9 Å². The Kier molecular flexibility index (Phi) is 5.23. The predicted octanol–water partition coefficient (Wildman–Crippen LogP) is 2.90. The van der Waals surface area contributed by atoms with Crippen LogP contribution in [0.3, 0.4) is 0 Å². The Hall–Kier alpha value is -2.22. The van der Waals surface area contributed by atoms with Gasteiger partial charge in [0.2, 0.25) is 0 Å². The number of ether oxygens (including phenoxy) is 1. The van der Waals surface area contributed by atoms with Crippen LogP contribution in [0.1, 0.15) is 18.7 Å². The third kappa shape index (κ3) is 3.23. The number of hydrogen-bond acceptors (Lipinski definition) is 6. The van der Waals surface area contributed by atoms with Crippen LogP contribution in [0.5, 0.6) is 5.75 Å². The number of hydrogen-bond donors (Lipinski definition) is 1. The minimum atomic E-state index is -0.644. The van der Waals surface area contributed by atoms with E-state index in [1.807, 2.05) is 31.2 Å². The molecule has 0 saturated heterocycles. The highest BCUT2D eigenvalue weighted by Crippen LogP contribution is 2.40. The molecule has 0 radical (unpaired) electrons. The topological polar surface area (TPSA) is 66.3 Å². The van der Waals surface area contributed by atoms with E-state index in [1.54, 1.807) is 17.1 Å². The van der Waals surface area contributed by atoms with E-state index in [2.05, 4.69) is 10.4 Å². The number of hydrazone groups is 1. The second-order valence-corrected chi connectivity index (χ2v) is 8.11. The van der Waals surface area contributed by atoms with Crippen LogP contribution < -0.4 is 20.6 Å². The fourth-order valence-corrected chi connectivity index (χ4v) is 4.39. The fraction of sp³-hybridized carbons (Fsp3) is 0.211. The third-order valence-corrected chi connectivity index (χ3v) is 5.56. The first-order valence-corrected chi connectivity index (χ1v) is 10.3. The molecule has 0 bridgehead atoms. The van der Waals surface area contributed by atoms with Gasteiger partial charge in [-0.3, -0.25) is 15.1 Å². The van der Waals surface area contributed by atoms with Crippen LogP contribution in [0.25, 0.3) is 5.70 Å². The van der Waals surface area contributed by atoms with Crippen LogP contribution in [0.2, 0.25) is 10.0 Å². The molecule has 0 unspecified atom stereocenters. The molecule has 2 aliphatic heterocycles. The number of amides is 1. The highest BCUT2D eigenvalue weighted by Gasteiger charge is 2.36. The number of rotatable bonds is 3. The lowest BCUT2D eigenvalue weighted by molar-refractivity contribution is -0.116. The molecule has 0 aromatic heterocycles. The average molecular weight is 435 g/mol. The number of nitrogens with one attached hydrogen (secondary N) is 1. The van der Waals surface area contributed by atoms with Crippen molar-refractivity contribution in [3.63, 3.8) is 0 Å². The van der Waals surface area contributed by atoms with Gasteiger partial charge in [-0.1, -0.05) is 60.1 Å². The molecule has 6 nitrogen and oxygen atoms in total. The van der Waals surface area contributed by atoms with Crippen molar-refractivity contribution in [2.45, 2.75) is 13.1 Å². The van der Waals surface area contributed by atoms with Gasteiger partial charge in [-0.05, 0) is 24.0 Å².